The molecule has 2 aromatic rings. The molecule has 0 saturated carbocycles. The first-order chi connectivity index (χ1) is 14.7. The Morgan fingerprint density at radius 2 is 1.65 bits per heavy atom. The third-order valence-electron chi connectivity index (χ3n) is 4.54. The topological polar surface area (TPSA) is 102 Å². The average molecular weight is 447 g/mol. The first-order valence-electron chi connectivity index (χ1n) is 10.3. The molecule has 2 N–H and O–H groups in total. The number of carbonyl (C=O) groups excluding carboxylic acids is 2. The van der Waals surface area contributed by atoms with Crippen molar-refractivity contribution in [2.45, 2.75) is 43.9 Å². The number of sulfone groups is 1. The molecule has 168 valence electrons. The minimum atomic E-state index is -3.45. The predicted molar refractivity (Wildman–Crippen MR) is 120 cm³/mol. The minimum Gasteiger partial charge on any atom is -0.450 e. The maximum Gasteiger partial charge on any atom is 0.407 e. The maximum absolute atomic E-state index is 12.5. The zero-order chi connectivity index (χ0) is 22.9. The Bertz CT molecular complexity index is 957. The molecule has 7 nitrogen and oxygen atoms in total. The maximum atomic E-state index is 12.5. The minimum absolute atomic E-state index is 0.140. The third kappa shape index (κ3) is 8.05. The number of hydrogen-bond acceptors (Lipinski definition) is 5. The summed E-state index contributed by atoms with van der Waals surface area (Å²) in [6.07, 6.45) is 0.182. The van der Waals surface area contributed by atoms with Crippen molar-refractivity contribution >= 4 is 21.8 Å². The van der Waals surface area contributed by atoms with E-state index in [0.717, 1.165) is 0 Å². The third-order valence-corrected chi connectivity index (χ3v) is 6.24. The lowest BCUT2D eigenvalue weighted by molar-refractivity contribution is 0.0944. The van der Waals surface area contributed by atoms with Crippen LogP contribution in [-0.2, 0) is 20.3 Å². The van der Waals surface area contributed by atoms with E-state index in [2.05, 4.69) is 10.6 Å². The second-order valence-electron chi connectivity index (χ2n) is 7.67. The molecule has 0 aliphatic heterocycles. The highest BCUT2D eigenvalue weighted by Gasteiger charge is 2.17. The van der Waals surface area contributed by atoms with Gasteiger partial charge in [0.1, 0.15) is 0 Å². The smallest absolute Gasteiger partial charge is 0.407 e. The van der Waals surface area contributed by atoms with Crippen molar-refractivity contribution in [3.05, 3.63) is 65.7 Å². The fraction of sp³-hybridized carbons (Fsp3) is 0.391. The van der Waals surface area contributed by atoms with Crippen LogP contribution < -0.4 is 10.6 Å². The van der Waals surface area contributed by atoms with Gasteiger partial charge in [-0.25, -0.2) is 13.2 Å². The van der Waals surface area contributed by atoms with E-state index in [1.165, 1.54) is 0 Å². The number of carbonyl (C=O) groups is 2. The van der Waals surface area contributed by atoms with E-state index in [0.29, 0.717) is 23.5 Å². The van der Waals surface area contributed by atoms with Crippen molar-refractivity contribution in [3.63, 3.8) is 0 Å². The fourth-order valence-corrected chi connectivity index (χ4v) is 4.47. The molecule has 0 fully saturated rings. The summed E-state index contributed by atoms with van der Waals surface area (Å²) in [5, 5.41) is 5.58. The Hall–Kier alpha value is -2.87. The molecule has 2 rings (SSSR count). The van der Waals surface area contributed by atoms with Gasteiger partial charge in [-0.05, 0) is 49.1 Å². The van der Waals surface area contributed by atoms with Crippen LogP contribution >= 0.6 is 0 Å². The average Bonchev–Trinajstić information content (AvgIpc) is 2.72. The molecule has 31 heavy (non-hydrogen) atoms. The van der Waals surface area contributed by atoms with Crippen molar-refractivity contribution < 1.29 is 22.7 Å². The first kappa shape index (κ1) is 24.4. The number of nitrogens with one attached hydrogen (secondary N) is 2. The van der Waals surface area contributed by atoms with Crippen LogP contribution in [0.2, 0.25) is 0 Å². The van der Waals surface area contributed by atoms with Gasteiger partial charge < -0.3 is 15.4 Å². The molecule has 0 bridgehead atoms. The zero-order valence-electron chi connectivity index (χ0n) is 18.1. The second kappa shape index (κ2) is 11.5. The number of rotatable bonds is 10. The molecular formula is C23H30N2O5S. The summed E-state index contributed by atoms with van der Waals surface area (Å²) in [4.78, 5) is 24.5. The highest BCUT2D eigenvalue weighted by atomic mass is 32.2. The van der Waals surface area contributed by atoms with Gasteiger partial charge in [-0.3, -0.25) is 4.79 Å². The summed E-state index contributed by atoms with van der Waals surface area (Å²) in [6, 6.07) is 14.5. The summed E-state index contributed by atoms with van der Waals surface area (Å²) in [7, 11) is -3.45. The Labute approximate surface area is 184 Å². The molecule has 0 aromatic heterocycles. The van der Waals surface area contributed by atoms with Crippen LogP contribution in [-0.4, -0.2) is 39.6 Å². The van der Waals surface area contributed by atoms with Crippen LogP contribution in [0.25, 0.3) is 0 Å². The summed E-state index contributed by atoms with van der Waals surface area (Å²) < 4.78 is 29.9. The Kier molecular flexibility index (Phi) is 9.05. The monoisotopic (exact) mass is 446 g/mol. The zero-order valence-corrected chi connectivity index (χ0v) is 18.9. The lowest BCUT2D eigenvalue weighted by Crippen LogP contribution is -2.44. The van der Waals surface area contributed by atoms with E-state index < -0.39 is 15.9 Å². The van der Waals surface area contributed by atoms with Gasteiger partial charge in [0.2, 0.25) is 0 Å². The molecule has 0 saturated heterocycles. The van der Waals surface area contributed by atoms with E-state index in [1.807, 2.05) is 13.8 Å². The first-order valence-corrected chi connectivity index (χ1v) is 11.9. The molecule has 1 unspecified atom stereocenters. The summed E-state index contributed by atoms with van der Waals surface area (Å²) >= 11 is 0. The van der Waals surface area contributed by atoms with Crippen LogP contribution in [0.3, 0.4) is 0 Å². The number of hydrogen-bond donors (Lipinski definition) is 2. The van der Waals surface area contributed by atoms with Crippen LogP contribution in [0.4, 0.5) is 4.79 Å². The molecule has 8 heteroatoms. The van der Waals surface area contributed by atoms with Crippen molar-refractivity contribution in [1.82, 2.24) is 10.6 Å². The largest absolute Gasteiger partial charge is 0.450 e. The Morgan fingerprint density at radius 1 is 1.00 bits per heavy atom. The molecule has 0 aliphatic carbocycles. The van der Waals surface area contributed by atoms with Gasteiger partial charge in [-0.2, -0.15) is 0 Å². The summed E-state index contributed by atoms with van der Waals surface area (Å²) in [5.41, 5.74) is 1.02. The molecule has 0 aliphatic rings. The van der Waals surface area contributed by atoms with Crippen LogP contribution in [0.5, 0.6) is 0 Å². The van der Waals surface area contributed by atoms with Gasteiger partial charge in [-0.1, -0.05) is 44.2 Å². The molecule has 0 heterocycles. The van der Waals surface area contributed by atoms with Crippen molar-refractivity contribution in [2.75, 3.05) is 13.2 Å². The van der Waals surface area contributed by atoms with Crippen LogP contribution in [0, 0.1) is 5.92 Å². The number of benzene rings is 2. The summed E-state index contributed by atoms with van der Waals surface area (Å²) in [6.45, 7) is 6.33. The number of amides is 2. The molecular weight excluding hydrogens is 416 g/mol. The van der Waals surface area contributed by atoms with Gasteiger partial charge in [0.05, 0.1) is 17.3 Å². The summed E-state index contributed by atoms with van der Waals surface area (Å²) in [5.74, 6) is -0.106. The van der Waals surface area contributed by atoms with E-state index in [-0.39, 0.29) is 35.7 Å². The standard InChI is InChI=1S/C23H30N2O5S/c1-4-30-23(27)25-20(14-17(2)3)15-24-22(26)19-12-10-18(11-13-19)16-31(28,29)21-8-6-5-7-9-21/h5-13,17,20H,4,14-16H2,1-3H3,(H,24,26)(H,25,27). The Balaban J connectivity index is 1.97. The van der Waals surface area contributed by atoms with Crippen molar-refractivity contribution in [1.29, 1.82) is 0 Å². The highest BCUT2D eigenvalue weighted by molar-refractivity contribution is 7.90. The predicted octanol–water partition coefficient (Wildman–Crippen LogP) is 3.55. The van der Waals surface area contributed by atoms with E-state index in [4.69, 9.17) is 4.74 Å². The van der Waals surface area contributed by atoms with Crippen molar-refractivity contribution in [2.24, 2.45) is 5.92 Å². The second-order valence-corrected chi connectivity index (χ2v) is 9.66. The van der Waals surface area contributed by atoms with E-state index in [9.17, 15) is 18.0 Å². The molecule has 1 atom stereocenters. The normalized spacial score (nSPS) is 12.3. The molecule has 2 aromatic carbocycles. The number of ether oxygens (including phenoxy) is 1. The van der Waals surface area contributed by atoms with E-state index >= 15 is 0 Å². The van der Waals surface area contributed by atoms with Crippen molar-refractivity contribution in [3.8, 4) is 0 Å². The van der Waals surface area contributed by atoms with Gasteiger partial charge in [0.25, 0.3) is 5.91 Å². The molecule has 2 amide bonds. The molecule has 0 spiro atoms. The lowest BCUT2D eigenvalue weighted by atomic mass is 10.0. The SMILES string of the molecule is CCOC(=O)NC(CNC(=O)c1ccc(CS(=O)(=O)c2ccccc2)cc1)CC(C)C. The van der Waals surface area contributed by atoms with E-state index in [1.54, 1.807) is 61.5 Å². The van der Waals surface area contributed by atoms with Gasteiger partial charge in [0.15, 0.2) is 9.84 Å². The molecule has 0 radical (unpaired) electrons. The van der Waals surface area contributed by atoms with Gasteiger partial charge >= 0.3 is 6.09 Å². The highest BCUT2D eigenvalue weighted by Crippen LogP contribution is 2.16. The van der Waals surface area contributed by atoms with Gasteiger partial charge in [-0.15, -0.1) is 0 Å². The quantitative estimate of drug-likeness (QED) is 0.581. The Morgan fingerprint density at radius 3 is 2.23 bits per heavy atom. The number of alkyl carbamates (subject to hydrolysis) is 1. The van der Waals surface area contributed by atoms with Crippen LogP contribution in [0.1, 0.15) is 43.1 Å². The fourth-order valence-electron chi connectivity index (χ4n) is 3.10. The van der Waals surface area contributed by atoms with Gasteiger partial charge in [0, 0.05) is 18.2 Å². The van der Waals surface area contributed by atoms with Crippen LogP contribution in [0.15, 0.2) is 59.5 Å². The lowest BCUT2D eigenvalue weighted by Gasteiger charge is -2.20.